The summed E-state index contributed by atoms with van der Waals surface area (Å²) in [6.45, 7) is 1.55. The van der Waals surface area contributed by atoms with E-state index in [1.54, 1.807) is 18.9 Å². The van der Waals surface area contributed by atoms with E-state index in [1.807, 2.05) is 24.3 Å². The smallest absolute Gasteiger partial charge is 0.223 e. The topological polar surface area (TPSA) is 20.3 Å². The van der Waals surface area contributed by atoms with Crippen molar-refractivity contribution in [1.82, 2.24) is 0 Å². The van der Waals surface area contributed by atoms with E-state index in [2.05, 4.69) is 22.6 Å². The second-order valence-corrected chi connectivity index (χ2v) is 3.80. The number of benzene rings is 1. The summed E-state index contributed by atoms with van der Waals surface area (Å²) in [7, 11) is 1.77. The Labute approximate surface area is 85.7 Å². The lowest BCUT2D eigenvalue weighted by Gasteiger charge is -2.14. The molecule has 3 heteroatoms. The van der Waals surface area contributed by atoms with Gasteiger partial charge in [0.15, 0.2) is 0 Å². The van der Waals surface area contributed by atoms with Gasteiger partial charge in [0, 0.05) is 23.2 Å². The molecule has 12 heavy (non-hydrogen) atoms. The van der Waals surface area contributed by atoms with E-state index in [0.29, 0.717) is 0 Å². The molecule has 0 atom stereocenters. The van der Waals surface area contributed by atoms with E-state index in [0.717, 1.165) is 5.69 Å². The number of carbonyl (C=O) groups is 1. The molecule has 0 N–H and O–H groups in total. The molecule has 2 nitrogen and oxygen atoms in total. The van der Waals surface area contributed by atoms with Gasteiger partial charge in [0.25, 0.3) is 0 Å². The molecular formula is C9H10INO. The van der Waals surface area contributed by atoms with Crippen molar-refractivity contribution in [2.45, 2.75) is 6.92 Å². The van der Waals surface area contributed by atoms with Crippen LogP contribution in [0.1, 0.15) is 6.92 Å². The number of anilines is 1. The van der Waals surface area contributed by atoms with Crippen LogP contribution in [0, 0.1) is 3.57 Å². The Balaban J connectivity index is 2.89. The molecule has 0 radical (unpaired) electrons. The first-order chi connectivity index (χ1) is 5.61. The molecule has 1 amide bonds. The lowest BCUT2D eigenvalue weighted by molar-refractivity contribution is -0.116. The van der Waals surface area contributed by atoms with Crippen LogP contribution in [0.2, 0.25) is 0 Å². The lowest BCUT2D eigenvalue weighted by atomic mass is 10.3. The molecule has 0 heterocycles. The average Bonchev–Trinajstić information content (AvgIpc) is 2.04. The van der Waals surface area contributed by atoms with Gasteiger partial charge in [-0.05, 0) is 46.9 Å². The summed E-state index contributed by atoms with van der Waals surface area (Å²) < 4.78 is 1.17. The third-order valence-corrected chi connectivity index (χ3v) is 2.41. The predicted molar refractivity (Wildman–Crippen MR) is 58.2 cm³/mol. The largest absolute Gasteiger partial charge is 0.316 e. The maximum absolute atomic E-state index is 11.0. The van der Waals surface area contributed by atoms with Crippen molar-refractivity contribution in [2.75, 3.05) is 11.9 Å². The summed E-state index contributed by atoms with van der Waals surface area (Å²) in [5.41, 5.74) is 0.933. The van der Waals surface area contributed by atoms with Crippen molar-refractivity contribution in [3.8, 4) is 0 Å². The van der Waals surface area contributed by atoms with Crippen LogP contribution in [0.3, 0.4) is 0 Å². The van der Waals surface area contributed by atoms with Crippen molar-refractivity contribution >= 4 is 34.2 Å². The molecule has 0 aliphatic carbocycles. The van der Waals surface area contributed by atoms with Crippen molar-refractivity contribution < 1.29 is 4.79 Å². The van der Waals surface area contributed by atoms with E-state index in [4.69, 9.17) is 0 Å². The number of rotatable bonds is 1. The van der Waals surface area contributed by atoms with Gasteiger partial charge >= 0.3 is 0 Å². The minimum absolute atomic E-state index is 0.0520. The summed E-state index contributed by atoms with van der Waals surface area (Å²) in [6, 6.07) is 7.83. The van der Waals surface area contributed by atoms with Crippen LogP contribution in [0.4, 0.5) is 5.69 Å². The summed E-state index contributed by atoms with van der Waals surface area (Å²) in [5.74, 6) is 0.0520. The van der Waals surface area contributed by atoms with E-state index >= 15 is 0 Å². The van der Waals surface area contributed by atoms with Gasteiger partial charge in [-0.2, -0.15) is 0 Å². The molecule has 0 aromatic heterocycles. The normalized spacial score (nSPS) is 9.58. The highest BCUT2D eigenvalue weighted by Crippen LogP contribution is 2.14. The summed E-state index contributed by atoms with van der Waals surface area (Å²) in [4.78, 5) is 12.6. The number of halogens is 1. The van der Waals surface area contributed by atoms with Gasteiger partial charge < -0.3 is 4.90 Å². The number of hydrogen-bond donors (Lipinski definition) is 0. The monoisotopic (exact) mass is 275 g/mol. The van der Waals surface area contributed by atoms with Gasteiger partial charge in [-0.25, -0.2) is 0 Å². The third kappa shape index (κ3) is 2.20. The van der Waals surface area contributed by atoms with Gasteiger partial charge in [0.05, 0.1) is 0 Å². The fourth-order valence-corrected chi connectivity index (χ4v) is 1.21. The van der Waals surface area contributed by atoms with Crippen LogP contribution in [-0.2, 0) is 4.79 Å². The summed E-state index contributed by atoms with van der Waals surface area (Å²) in [5, 5.41) is 0. The minimum atomic E-state index is 0.0520. The van der Waals surface area contributed by atoms with Crippen LogP contribution in [0.25, 0.3) is 0 Å². The number of carbonyl (C=O) groups excluding carboxylic acids is 1. The van der Waals surface area contributed by atoms with Crippen LogP contribution in [0.15, 0.2) is 24.3 Å². The Bertz CT molecular complexity index is 281. The molecular weight excluding hydrogens is 265 g/mol. The van der Waals surface area contributed by atoms with E-state index in [-0.39, 0.29) is 5.91 Å². The Morgan fingerprint density at radius 1 is 1.33 bits per heavy atom. The van der Waals surface area contributed by atoms with Crippen molar-refractivity contribution in [3.05, 3.63) is 27.8 Å². The molecule has 0 fully saturated rings. The van der Waals surface area contributed by atoms with Crippen LogP contribution in [-0.4, -0.2) is 13.0 Å². The van der Waals surface area contributed by atoms with E-state index in [1.165, 1.54) is 3.57 Å². The molecule has 0 spiro atoms. The quantitative estimate of drug-likeness (QED) is 0.720. The van der Waals surface area contributed by atoms with E-state index in [9.17, 15) is 4.79 Å². The molecule has 0 unspecified atom stereocenters. The molecule has 0 bridgehead atoms. The van der Waals surface area contributed by atoms with Gasteiger partial charge in [-0.3, -0.25) is 4.79 Å². The molecule has 1 aromatic carbocycles. The first kappa shape index (κ1) is 9.51. The standard InChI is InChI=1S/C9H10INO/c1-7(12)11(2)9-5-3-8(10)4-6-9/h3-6H,1-2H3. The van der Waals surface area contributed by atoms with Gasteiger partial charge in [-0.15, -0.1) is 0 Å². The Morgan fingerprint density at radius 2 is 1.83 bits per heavy atom. The number of nitrogens with zero attached hydrogens (tertiary/aromatic N) is 1. The molecule has 64 valence electrons. The maximum Gasteiger partial charge on any atom is 0.223 e. The zero-order valence-electron chi connectivity index (χ0n) is 7.04. The van der Waals surface area contributed by atoms with Gasteiger partial charge in [0.2, 0.25) is 5.91 Å². The Kier molecular flexibility index (Phi) is 3.08. The first-order valence-corrected chi connectivity index (χ1v) is 4.69. The SMILES string of the molecule is CC(=O)N(C)c1ccc(I)cc1. The first-order valence-electron chi connectivity index (χ1n) is 3.61. The molecule has 0 aliphatic heterocycles. The zero-order valence-corrected chi connectivity index (χ0v) is 9.20. The van der Waals surface area contributed by atoms with Gasteiger partial charge in [0.1, 0.15) is 0 Å². The van der Waals surface area contributed by atoms with Crippen molar-refractivity contribution in [3.63, 3.8) is 0 Å². The van der Waals surface area contributed by atoms with E-state index < -0.39 is 0 Å². The molecule has 0 saturated carbocycles. The minimum Gasteiger partial charge on any atom is -0.316 e. The van der Waals surface area contributed by atoms with Crippen molar-refractivity contribution in [2.24, 2.45) is 0 Å². The number of hydrogen-bond acceptors (Lipinski definition) is 1. The highest BCUT2D eigenvalue weighted by molar-refractivity contribution is 14.1. The summed E-state index contributed by atoms with van der Waals surface area (Å²) in [6.07, 6.45) is 0. The second-order valence-electron chi connectivity index (χ2n) is 2.55. The molecule has 1 rings (SSSR count). The lowest BCUT2D eigenvalue weighted by Crippen LogP contribution is -2.22. The molecule has 0 aliphatic rings. The maximum atomic E-state index is 11.0. The third-order valence-electron chi connectivity index (χ3n) is 1.69. The number of amides is 1. The Hall–Kier alpha value is -0.580. The average molecular weight is 275 g/mol. The van der Waals surface area contributed by atoms with Crippen LogP contribution < -0.4 is 4.90 Å². The predicted octanol–water partition coefficient (Wildman–Crippen LogP) is 2.27. The highest BCUT2D eigenvalue weighted by atomic mass is 127. The Morgan fingerprint density at radius 3 is 2.25 bits per heavy atom. The fourth-order valence-electron chi connectivity index (χ4n) is 0.847. The highest BCUT2D eigenvalue weighted by Gasteiger charge is 2.03. The second kappa shape index (κ2) is 3.89. The zero-order chi connectivity index (χ0) is 9.14. The van der Waals surface area contributed by atoms with Crippen LogP contribution >= 0.6 is 22.6 Å². The molecule has 1 aromatic rings. The molecule has 0 saturated heterocycles. The van der Waals surface area contributed by atoms with Crippen LogP contribution in [0.5, 0.6) is 0 Å². The summed E-state index contributed by atoms with van der Waals surface area (Å²) >= 11 is 2.23. The van der Waals surface area contributed by atoms with Crippen molar-refractivity contribution in [1.29, 1.82) is 0 Å². The van der Waals surface area contributed by atoms with Gasteiger partial charge in [-0.1, -0.05) is 0 Å². The fraction of sp³-hybridized carbons (Fsp3) is 0.222.